The molecule has 0 spiro atoms. The molecule has 0 radical (unpaired) electrons. The van der Waals surface area contributed by atoms with E-state index in [4.69, 9.17) is 13.8 Å². The predicted octanol–water partition coefficient (Wildman–Crippen LogP) is 15.9. The molecule has 0 aromatic carbocycles. The summed E-state index contributed by atoms with van der Waals surface area (Å²) >= 11 is 0. The lowest BCUT2D eigenvalue weighted by molar-refractivity contribution is -0.870. The van der Waals surface area contributed by atoms with Crippen LogP contribution in [0.2, 0.25) is 0 Å². The topological polar surface area (TPSA) is 111 Å². The first-order chi connectivity index (χ1) is 33.9. The van der Waals surface area contributed by atoms with Crippen LogP contribution in [-0.4, -0.2) is 74.3 Å². The number of phosphoric ester groups is 1. The number of esters is 1. The molecule has 0 heterocycles. The van der Waals surface area contributed by atoms with E-state index in [0.29, 0.717) is 23.9 Å². The lowest BCUT2D eigenvalue weighted by atomic mass is 10.1. The van der Waals surface area contributed by atoms with Crippen molar-refractivity contribution in [3.8, 4) is 0 Å². The van der Waals surface area contributed by atoms with E-state index >= 15 is 0 Å². The molecule has 0 fully saturated rings. The first kappa shape index (κ1) is 65.9. The van der Waals surface area contributed by atoms with Crippen LogP contribution in [0.5, 0.6) is 0 Å². The Labute approximate surface area is 428 Å². The van der Waals surface area contributed by atoms with Crippen LogP contribution in [0.3, 0.4) is 0 Å². The Morgan fingerprint density at radius 1 is 0.529 bits per heavy atom. The van der Waals surface area contributed by atoms with Crippen LogP contribution in [0.15, 0.2) is 146 Å². The van der Waals surface area contributed by atoms with Crippen molar-refractivity contribution in [3.63, 3.8) is 0 Å². The van der Waals surface area contributed by atoms with Gasteiger partial charge in [-0.05, 0) is 83.1 Å². The van der Waals surface area contributed by atoms with Gasteiger partial charge in [-0.3, -0.25) is 18.6 Å². The van der Waals surface area contributed by atoms with Crippen molar-refractivity contribution >= 4 is 19.7 Å². The average molecular weight is 990 g/mol. The molecule has 2 N–H and O–H groups in total. The van der Waals surface area contributed by atoms with Crippen molar-refractivity contribution in [3.05, 3.63) is 146 Å². The smallest absolute Gasteiger partial charge is 0.456 e. The highest BCUT2D eigenvalue weighted by atomic mass is 31.2. The van der Waals surface area contributed by atoms with Crippen molar-refractivity contribution in [1.82, 2.24) is 5.32 Å². The van der Waals surface area contributed by atoms with Gasteiger partial charge >= 0.3 is 13.8 Å². The molecule has 10 heteroatoms. The number of unbranched alkanes of at least 4 members (excludes halogenated alkanes) is 12. The molecular formula is C60H98N2O7P+. The number of phosphoric acid groups is 1. The number of hydrogen-bond donors (Lipinski definition) is 2. The molecule has 3 atom stereocenters. The lowest BCUT2D eigenvalue weighted by Gasteiger charge is -2.27. The van der Waals surface area contributed by atoms with Gasteiger partial charge in [0, 0.05) is 12.8 Å². The molecule has 0 aliphatic heterocycles. The number of carbonyl (C=O) groups excluding carboxylic acids is 2. The Kier molecular flexibility index (Phi) is 45.7. The second kappa shape index (κ2) is 48.5. The fourth-order valence-electron chi connectivity index (χ4n) is 6.60. The predicted molar refractivity (Wildman–Crippen MR) is 299 cm³/mol. The van der Waals surface area contributed by atoms with Crippen molar-refractivity contribution in [2.24, 2.45) is 0 Å². The second-order valence-corrected chi connectivity index (χ2v) is 19.9. The van der Waals surface area contributed by atoms with E-state index < -0.39 is 25.9 Å². The van der Waals surface area contributed by atoms with E-state index in [0.717, 1.165) is 77.0 Å². The van der Waals surface area contributed by atoms with Gasteiger partial charge in [-0.15, -0.1) is 0 Å². The van der Waals surface area contributed by atoms with Crippen LogP contribution in [0.1, 0.15) is 168 Å². The highest BCUT2D eigenvalue weighted by Crippen LogP contribution is 2.43. The summed E-state index contributed by atoms with van der Waals surface area (Å²) in [4.78, 5) is 37.4. The van der Waals surface area contributed by atoms with Crippen LogP contribution in [-0.2, 0) is 27.9 Å². The number of hydrogen-bond acceptors (Lipinski definition) is 6. The molecule has 0 aromatic heterocycles. The zero-order valence-electron chi connectivity index (χ0n) is 44.7. The summed E-state index contributed by atoms with van der Waals surface area (Å²) < 4.78 is 30.4. The SMILES string of the molecule is CC\C=C/C=C/C=C/C=C\C=C\C=C\CCCCCC(=O)OC(/C=C/CCCCCCCCCCC)C(COP(=O)(O)OCC[N+](C)(C)C)NC(=O)CC/C=C/C/C=C/C/C=C/C/C=C/C/C=C/CC. The maximum absolute atomic E-state index is 13.4. The van der Waals surface area contributed by atoms with E-state index in [1.807, 2.05) is 100 Å². The van der Waals surface area contributed by atoms with E-state index in [9.17, 15) is 19.0 Å². The Morgan fingerprint density at radius 2 is 1.00 bits per heavy atom. The number of amides is 1. The number of ether oxygens (including phenoxy) is 1. The number of rotatable bonds is 45. The second-order valence-electron chi connectivity index (χ2n) is 18.4. The summed E-state index contributed by atoms with van der Waals surface area (Å²) in [7, 11) is 1.39. The van der Waals surface area contributed by atoms with Crippen LogP contribution < -0.4 is 5.32 Å². The number of nitrogens with zero attached hydrogens (tertiary/aromatic N) is 1. The molecular weight excluding hydrogens is 892 g/mol. The molecule has 0 rings (SSSR count). The van der Waals surface area contributed by atoms with E-state index in [1.54, 1.807) is 6.08 Å². The first-order valence-corrected chi connectivity index (χ1v) is 28.2. The molecule has 0 aliphatic rings. The van der Waals surface area contributed by atoms with Gasteiger partial charge in [-0.1, -0.05) is 218 Å². The number of quaternary nitrogens is 1. The normalized spacial score (nSPS) is 15.0. The molecule has 0 saturated carbocycles. The summed E-state index contributed by atoms with van der Waals surface area (Å²) in [6.45, 7) is 6.60. The maximum atomic E-state index is 13.4. The minimum absolute atomic E-state index is 0.0102. The van der Waals surface area contributed by atoms with E-state index in [-0.39, 0.29) is 32.0 Å². The average Bonchev–Trinajstić information content (AvgIpc) is 3.32. The molecule has 0 aromatic rings. The first-order valence-electron chi connectivity index (χ1n) is 26.7. The molecule has 394 valence electrons. The molecule has 3 unspecified atom stereocenters. The Hall–Kier alpha value is -4.11. The Bertz CT molecular complexity index is 1710. The van der Waals surface area contributed by atoms with Crippen molar-refractivity contribution in [2.75, 3.05) is 40.9 Å². The van der Waals surface area contributed by atoms with Crippen molar-refractivity contribution in [1.29, 1.82) is 0 Å². The van der Waals surface area contributed by atoms with Gasteiger partial charge in [0.15, 0.2) is 0 Å². The molecule has 0 saturated heterocycles. The minimum atomic E-state index is -4.48. The summed E-state index contributed by atoms with van der Waals surface area (Å²) in [5.74, 6) is -0.671. The van der Waals surface area contributed by atoms with Crippen LogP contribution >= 0.6 is 7.82 Å². The van der Waals surface area contributed by atoms with E-state index in [2.05, 4.69) is 86.8 Å². The monoisotopic (exact) mass is 990 g/mol. The quantitative estimate of drug-likeness (QED) is 0.0156. The Balaban J connectivity index is 5.61. The third-order valence-corrected chi connectivity index (χ3v) is 11.7. The molecule has 1 amide bonds. The summed E-state index contributed by atoms with van der Waals surface area (Å²) in [6, 6.07) is -0.916. The largest absolute Gasteiger partial charge is 0.472 e. The number of allylic oxidation sites excluding steroid dienone is 23. The molecule has 0 bridgehead atoms. The number of likely N-dealkylation sites (N-methyl/N-ethyl adjacent to an activating group) is 1. The van der Waals surface area contributed by atoms with Gasteiger partial charge in [0.05, 0.1) is 33.8 Å². The van der Waals surface area contributed by atoms with Crippen LogP contribution in [0.25, 0.3) is 0 Å². The van der Waals surface area contributed by atoms with Crippen LogP contribution in [0, 0.1) is 0 Å². The standard InChI is InChI=1S/C60H97N2O7P/c1-7-10-13-16-19-22-25-27-29-31-33-35-38-41-44-47-50-53-60(64)69-58(51-48-45-42-39-36-24-21-18-15-12-9-3)57(56-68-70(65,66)67-55-54-62(4,5)6)61-59(63)52-49-46-43-40-37-34-32-30-28-26-23-20-17-14-11-8-2/h10-11,13-14,16,19-20,22-23,25,27-31,33-35,37-38,43,46,48,51,57-58H,7-9,12,15,17-18,21,24,26,32,36,39-42,44-45,47,49-50,52-56H2,1-6H3,(H-,61,63,65,66)/p+1/b13-10-,14-11+,19-16+,23-20+,25-22+,29-27-,30-28+,33-31+,37-34+,38-35+,46-43+,51-48+. The van der Waals surface area contributed by atoms with Gasteiger partial charge in [-0.2, -0.15) is 0 Å². The maximum Gasteiger partial charge on any atom is 0.472 e. The summed E-state index contributed by atoms with van der Waals surface area (Å²) in [5, 5.41) is 2.97. The molecule has 0 aliphatic carbocycles. The van der Waals surface area contributed by atoms with Crippen LogP contribution in [0.4, 0.5) is 0 Å². The van der Waals surface area contributed by atoms with Crippen molar-refractivity contribution < 1.29 is 37.3 Å². The molecule has 9 nitrogen and oxygen atoms in total. The zero-order valence-corrected chi connectivity index (χ0v) is 45.6. The third kappa shape index (κ3) is 48.9. The van der Waals surface area contributed by atoms with Gasteiger partial charge < -0.3 is 19.4 Å². The fourth-order valence-corrected chi connectivity index (χ4v) is 7.34. The Morgan fingerprint density at radius 3 is 1.54 bits per heavy atom. The van der Waals surface area contributed by atoms with Gasteiger partial charge in [-0.25, -0.2) is 4.57 Å². The lowest BCUT2D eigenvalue weighted by Crippen LogP contribution is -2.47. The molecule has 70 heavy (non-hydrogen) atoms. The van der Waals surface area contributed by atoms with Gasteiger partial charge in [0.25, 0.3) is 0 Å². The summed E-state index contributed by atoms with van der Waals surface area (Å²) in [5.41, 5.74) is 0. The van der Waals surface area contributed by atoms with E-state index in [1.165, 1.54) is 44.9 Å². The highest BCUT2D eigenvalue weighted by Gasteiger charge is 2.30. The highest BCUT2D eigenvalue weighted by molar-refractivity contribution is 7.47. The van der Waals surface area contributed by atoms with Gasteiger partial charge in [0.2, 0.25) is 5.91 Å². The minimum Gasteiger partial charge on any atom is -0.456 e. The number of nitrogens with one attached hydrogen (secondary N) is 1. The number of carbonyl (C=O) groups is 2. The fraction of sp³-hybridized carbons (Fsp3) is 0.567. The zero-order chi connectivity index (χ0) is 51.5. The summed E-state index contributed by atoms with van der Waals surface area (Å²) in [6.07, 6.45) is 70.1. The van der Waals surface area contributed by atoms with Crippen molar-refractivity contribution in [2.45, 2.75) is 181 Å². The van der Waals surface area contributed by atoms with Gasteiger partial charge in [0.1, 0.15) is 19.3 Å². The third-order valence-electron chi connectivity index (χ3n) is 10.7.